The molecule has 2 aromatic carbocycles. The van der Waals surface area contributed by atoms with Crippen molar-refractivity contribution in [3.8, 4) is 0 Å². The second-order valence-corrected chi connectivity index (χ2v) is 24.9. The lowest BCUT2D eigenvalue weighted by atomic mass is 9.75. The molecule has 2 atom stereocenters. The lowest BCUT2D eigenvalue weighted by molar-refractivity contribution is -0.416. The van der Waals surface area contributed by atoms with Crippen molar-refractivity contribution in [1.29, 1.82) is 0 Å². The fraction of sp³-hybridized carbons (Fsp3) is 0.439. The Morgan fingerprint density at radius 1 is 0.721 bits per heavy atom. The number of benzene rings is 2. The number of carbonyl (C=O) groups is 2. The van der Waals surface area contributed by atoms with Crippen LogP contribution in [0.1, 0.15) is 95.6 Å². The number of halogens is 6. The maximum atomic E-state index is 12.4. The first kappa shape index (κ1) is 53.6. The molecule has 3 N–H and O–H groups in total. The van der Waals surface area contributed by atoms with Crippen LogP contribution in [0.5, 0.6) is 0 Å². The van der Waals surface area contributed by atoms with E-state index in [1.165, 1.54) is 0 Å². The van der Waals surface area contributed by atoms with Gasteiger partial charge in [-0.2, -0.15) is 13.0 Å². The zero-order valence-corrected chi connectivity index (χ0v) is 47.9. The van der Waals surface area contributed by atoms with Gasteiger partial charge in [0.15, 0.2) is 5.71 Å². The number of nitrogens with zero attached hydrogens (tertiary/aromatic N) is 2. The maximum Gasteiger partial charge on any atom is 0.326 e. The number of rotatable bonds is 22. The number of hydrogen-bond donors (Lipinski definition) is 3. The first-order valence-electron chi connectivity index (χ1n) is 19.3. The number of anilines is 1. The Morgan fingerprint density at radius 2 is 1.25 bits per heavy atom. The van der Waals surface area contributed by atoms with Crippen molar-refractivity contribution in [1.82, 2.24) is 0 Å². The van der Waals surface area contributed by atoms with Crippen molar-refractivity contribution >= 4 is 185 Å². The second-order valence-electron chi connectivity index (χ2n) is 15.3. The van der Waals surface area contributed by atoms with Gasteiger partial charge in [0.25, 0.3) is 5.88 Å². The minimum atomic E-state index is -4.44. The minimum absolute atomic E-state index is 0.0733. The smallest absolute Gasteiger partial charge is 0.326 e. The molecule has 0 aromatic heterocycles. The molecule has 2 aromatic rings. The summed E-state index contributed by atoms with van der Waals surface area (Å²) in [5.74, 6) is -2.80. The van der Waals surface area contributed by atoms with E-state index >= 15 is 0 Å². The number of fused-ring (bicyclic) bond motifs is 2. The Hall–Kier alpha value is 0.0100. The van der Waals surface area contributed by atoms with Crippen LogP contribution in [-0.4, -0.2) is 76.6 Å². The van der Waals surface area contributed by atoms with Gasteiger partial charge in [0.2, 0.25) is 5.69 Å². The van der Waals surface area contributed by atoms with E-state index < -0.39 is 54.6 Å². The number of hydrogen-bond acceptors (Lipinski definition) is 8. The summed E-state index contributed by atoms with van der Waals surface area (Å²) in [6.45, 7) is 4.54. The molecule has 0 bridgehead atoms. The highest BCUT2D eigenvalue weighted by Gasteiger charge is 2.50. The SMILES string of the molecule is CC1(CCCCCC(=O)O)C(=CC=CC=CC=CC2=[N+](CS(=O)(=O)O)c3cc(I)c(I)c(I)c3C2(C)CCCCCC(=O)O)N(CCCS(=O)(=O)[O-])c2cc(I)c(I)c(I)c21. The highest BCUT2D eigenvalue weighted by molar-refractivity contribution is 14.1. The van der Waals surface area contributed by atoms with Crippen LogP contribution in [0.3, 0.4) is 0 Å². The van der Waals surface area contributed by atoms with Gasteiger partial charge in [-0.05, 0) is 194 Å². The predicted molar refractivity (Wildman–Crippen MR) is 289 cm³/mol. The van der Waals surface area contributed by atoms with E-state index in [2.05, 4.69) is 160 Å². The van der Waals surface area contributed by atoms with Crippen LogP contribution in [0.25, 0.3) is 0 Å². The molecule has 2 aliphatic heterocycles. The summed E-state index contributed by atoms with van der Waals surface area (Å²) in [5, 5.41) is 18.4. The number of aliphatic carboxylic acids is 2. The quantitative estimate of drug-likeness (QED) is 0.0254. The van der Waals surface area contributed by atoms with Gasteiger partial charge in [0, 0.05) is 81.1 Å². The molecule has 0 fully saturated rings. The number of unbranched alkanes of at least 4 members (excludes halogenated alkanes) is 4. The molecular weight excluding hydrogens is 1510 g/mol. The van der Waals surface area contributed by atoms with Crippen LogP contribution in [0.2, 0.25) is 0 Å². The third-order valence-electron chi connectivity index (χ3n) is 10.8. The van der Waals surface area contributed by atoms with Crippen molar-refractivity contribution in [3.63, 3.8) is 0 Å². The van der Waals surface area contributed by atoms with E-state index in [0.717, 1.165) is 63.2 Å². The molecule has 334 valence electrons. The number of carboxylic acid groups (broad SMARTS) is 2. The van der Waals surface area contributed by atoms with Gasteiger partial charge in [0.05, 0.1) is 21.1 Å². The molecule has 2 unspecified atom stereocenters. The van der Waals surface area contributed by atoms with Crippen molar-refractivity contribution < 1.29 is 50.3 Å². The van der Waals surface area contributed by atoms with Crippen LogP contribution in [0, 0.1) is 21.4 Å². The van der Waals surface area contributed by atoms with Gasteiger partial charge in [0.1, 0.15) is 0 Å². The van der Waals surface area contributed by atoms with Crippen LogP contribution in [-0.2, 0) is 40.7 Å². The van der Waals surface area contributed by atoms with Crippen molar-refractivity contribution in [2.75, 3.05) is 23.1 Å². The summed E-state index contributed by atoms with van der Waals surface area (Å²) >= 11 is 13.8. The monoisotopic (exact) mass is 1550 g/mol. The van der Waals surface area contributed by atoms with Crippen molar-refractivity contribution in [2.24, 2.45) is 0 Å². The number of allylic oxidation sites excluding steroid dienone is 8. The lowest BCUT2D eigenvalue weighted by Gasteiger charge is -2.31. The lowest BCUT2D eigenvalue weighted by Crippen LogP contribution is -2.33. The highest BCUT2D eigenvalue weighted by Crippen LogP contribution is 2.54. The molecule has 2 heterocycles. The van der Waals surface area contributed by atoms with Gasteiger partial charge in [-0.3, -0.25) is 14.1 Å². The zero-order chi connectivity index (χ0) is 45.5. The molecule has 20 heteroatoms. The summed E-state index contributed by atoms with van der Waals surface area (Å²) in [6, 6.07) is 4.04. The summed E-state index contributed by atoms with van der Waals surface area (Å²) in [4.78, 5) is 24.5. The minimum Gasteiger partial charge on any atom is -0.748 e. The van der Waals surface area contributed by atoms with E-state index in [1.54, 1.807) is 4.58 Å². The fourth-order valence-electron chi connectivity index (χ4n) is 8.10. The zero-order valence-electron chi connectivity index (χ0n) is 33.3. The first-order chi connectivity index (χ1) is 28.4. The summed E-state index contributed by atoms with van der Waals surface area (Å²) in [7, 11) is -8.86. The van der Waals surface area contributed by atoms with E-state index in [9.17, 15) is 40.6 Å². The molecule has 0 spiro atoms. The first-order valence-corrected chi connectivity index (χ1v) is 28.9. The van der Waals surface area contributed by atoms with Gasteiger partial charge >= 0.3 is 22.1 Å². The molecule has 0 saturated heterocycles. The third-order valence-corrected chi connectivity index (χ3v) is 22.4. The van der Waals surface area contributed by atoms with E-state index in [1.807, 2.05) is 48.6 Å². The van der Waals surface area contributed by atoms with Gasteiger partial charge in [-0.1, -0.05) is 56.1 Å². The third kappa shape index (κ3) is 14.0. The Bertz CT molecular complexity index is 2420. The van der Waals surface area contributed by atoms with Crippen LogP contribution < -0.4 is 4.90 Å². The largest absolute Gasteiger partial charge is 0.748 e. The second kappa shape index (κ2) is 23.1. The molecule has 0 aliphatic carbocycles. The predicted octanol–water partition coefficient (Wildman–Crippen LogP) is 10.9. The van der Waals surface area contributed by atoms with E-state index in [4.69, 9.17) is 5.11 Å². The molecule has 0 saturated carbocycles. The molecular formula is C41H46I6N2O10S2. The Morgan fingerprint density at radius 3 is 1.80 bits per heavy atom. The van der Waals surface area contributed by atoms with Gasteiger partial charge in [-0.25, -0.2) is 8.42 Å². The standard InChI is InChI=1S/C41H46I6N2O10S2/c1-40(19-12-6-10-17-32(50)51)30(48(21-14-22-60(54,55)56)28-23-26(42)36(44)38(46)34(28)40)15-8-4-3-5-9-16-31-41(2,20-13-7-11-18-33(52)53)35-29(49(31)25-61(57,58)59)24-27(43)37(45)39(35)47/h3-5,8-9,15-16,23-24H,6-7,10-14,17-22,25H2,1-2H3,(H3-,50,51,52,53,54,55,56,57,58,59). The summed E-state index contributed by atoms with van der Waals surface area (Å²) in [5.41, 5.74) is 4.23. The van der Waals surface area contributed by atoms with E-state index in [0.29, 0.717) is 50.0 Å². The van der Waals surface area contributed by atoms with Crippen molar-refractivity contribution in [3.05, 3.63) is 92.9 Å². The molecule has 12 nitrogen and oxygen atoms in total. The highest BCUT2D eigenvalue weighted by atomic mass is 127. The van der Waals surface area contributed by atoms with Gasteiger partial charge < -0.3 is 19.7 Å². The Kier molecular flexibility index (Phi) is 20.3. The molecule has 2 aliphatic rings. The molecule has 0 radical (unpaired) electrons. The van der Waals surface area contributed by atoms with Gasteiger partial charge in [-0.15, -0.1) is 0 Å². The van der Waals surface area contributed by atoms with Crippen LogP contribution in [0.4, 0.5) is 11.4 Å². The van der Waals surface area contributed by atoms with Crippen LogP contribution >= 0.6 is 136 Å². The number of carboxylic acids is 2. The topological polar surface area (TPSA) is 192 Å². The summed E-state index contributed by atoms with van der Waals surface area (Å²) in [6.07, 6.45) is 18.8. The van der Waals surface area contributed by atoms with E-state index in [-0.39, 0.29) is 19.3 Å². The Balaban J connectivity index is 1.73. The summed E-state index contributed by atoms with van der Waals surface area (Å²) < 4.78 is 77.8. The average Bonchev–Trinajstić information content (AvgIpc) is 3.50. The Labute approximate surface area is 440 Å². The average molecular weight is 1550 g/mol. The molecule has 61 heavy (non-hydrogen) atoms. The normalized spacial score (nSPS) is 20.0. The van der Waals surface area contributed by atoms with Crippen molar-refractivity contribution in [2.45, 2.75) is 95.3 Å². The molecule has 4 rings (SSSR count). The van der Waals surface area contributed by atoms with Crippen LogP contribution in [0.15, 0.2) is 60.4 Å². The maximum absolute atomic E-state index is 12.4. The fourth-order valence-corrected chi connectivity index (χ4v) is 14.5. The molecule has 0 amide bonds.